The maximum absolute atomic E-state index is 11.7. The predicted molar refractivity (Wildman–Crippen MR) is 118 cm³/mol. The van der Waals surface area contributed by atoms with Gasteiger partial charge in [0.15, 0.2) is 0 Å². The zero-order chi connectivity index (χ0) is 22.0. The smallest absolute Gasteiger partial charge is 0.305 e. The Kier molecular flexibility index (Phi) is 12.3. The van der Waals surface area contributed by atoms with Crippen LogP contribution in [0.25, 0.3) is 0 Å². The molecular formula is C25H32O6. The summed E-state index contributed by atoms with van der Waals surface area (Å²) >= 11 is 0. The fraction of sp³-hybridized carbons (Fsp3) is 0.440. The van der Waals surface area contributed by atoms with Crippen molar-refractivity contribution >= 4 is 11.9 Å². The average Bonchev–Trinajstić information content (AvgIpc) is 2.80. The van der Waals surface area contributed by atoms with Crippen LogP contribution in [0.5, 0.6) is 11.5 Å². The highest BCUT2D eigenvalue weighted by molar-refractivity contribution is 5.69. The number of carbonyl (C=O) groups excluding carboxylic acids is 2. The summed E-state index contributed by atoms with van der Waals surface area (Å²) in [5.41, 5.74) is 0. The van der Waals surface area contributed by atoms with Crippen LogP contribution in [0, 0.1) is 0 Å². The van der Waals surface area contributed by atoms with Crippen molar-refractivity contribution in [3.63, 3.8) is 0 Å². The van der Waals surface area contributed by atoms with Crippen LogP contribution in [-0.2, 0) is 19.1 Å². The molecule has 0 spiro atoms. The highest BCUT2D eigenvalue weighted by Crippen LogP contribution is 2.10. The zero-order valence-electron chi connectivity index (χ0n) is 18.0. The molecule has 0 aliphatic rings. The van der Waals surface area contributed by atoms with Gasteiger partial charge in [0.1, 0.15) is 37.9 Å². The van der Waals surface area contributed by atoms with Gasteiger partial charge in [-0.2, -0.15) is 0 Å². The van der Waals surface area contributed by atoms with Crippen LogP contribution in [0.2, 0.25) is 0 Å². The molecule has 6 nitrogen and oxygen atoms in total. The summed E-state index contributed by atoms with van der Waals surface area (Å²) in [6, 6.07) is 18.9. The Morgan fingerprint density at radius 2 is 0.903 bits per heavy atom. The first-order valence-corrected chi connectivity index (χ1v) is 10.9. The molecule has 2 aromatic carbocycles. The third-order valence-corrected chi connectivity index (χ3v) is 4.48. The van der Waals surface area contributed by atoms with Crippen molar-refractivity contribution in [2.75, 3.05) is 26.4 Å². The fourth-order valence-corrected chi connectivity index (χ4v) is 2.88. The number of rotatable bonds is 16. The molecule has 6 heteroatoms. The van der Waals surface area contributed by atoms with E-state index in [0.717, 1.165) is 43.6 Å². The third kappa shape index (κ3) is 12.3. The summed E-state index contributed by atoms with van der Waals surface area (Å²) in [6.07, 6.45) is 5.27. The highest BCUT2D eigenvalue weighted by Gasteiger charge is 2.05. The van der Waals surface area contributed by atoms with E-state index in [1.165, 1.54) is 0 Å². The Balaban J connectivity index is 1.34. The fourth-order valence-electron chi connectivity index (χ4n) is 2.88. The summed E-state index contributed by atoms with van der Waals surface area (Å²) < 4.78 is 21.3. The van der Waals surface area contributed by atoms with E-state index in [0.29, 0.717) is 26.1 Å². The number of unbranched alkanes of at least 4 members (excludes halogenated alkanes) is 4. The van der Waals surface area contributed by atoms with Gasteiger partial charge in [0.05, 0.1) is 0 Å². The van der Waals surface area contributed by atoms with Crippen LogP contribution in [0.3, 0.4) is 0 Å². The molecular weight excluding hydrogens is 396 g/mol. The molecule has 0 atom stereocenters. The Bertz CT molecular complexity index is 669. The largest absolute Gasteiger partial charge is 0.490 e. The minimum absolute atomic E-state index is 0.196. The van der Waals surface area contributed by atoms with Crippen LogP contribution in [0.4, 0.5) is 0 Å². The second kappa shape index (κ2) is 15.8. The van der Waals surface area contributed by atoms with Crippen LogP contribution >= 0.6 is 0 Å². The van der Waals surface area contributed by atoms with Gasteiger partial charge in [0, 0.05) is 12.8 Å². The Morgan fingerprint density at radius 1 is 0.516 bits per heavy atom. The number of hydrogen-bond donors (Lipinski definition) is 0. The molecule has 0 aliphatic heterocycles. The number of carbonyl (C=O) groups is 2. The van der Waals surface area contributed by atoms with Crippen LogP contribution < -0.4 is 9.47 Å². The first kappa shape index (κ1) is 24.3. The Morgan fingerprint density at radius 3 is 1.32 bits per heavy atom. The lowest BCUT2D eigenvalue weighted by molar-refractivity contribution is -0.145. The van der Waals surface area contributed by atoms with Gasteiger partial charge < -0.3 is 18.9 Å². The molecule has 31 heavy (non-hydrogen) atoms. The van der Waals surface area contributed by atoms with Crippen molar-refractivity contribution in [1.29, 1.82) is 0 Å². The van der Waals surface area contributed by atoms with E-state index in [1.807, 2.05) is 60.7 Å². The van der Waals surface area contributed by atoms with E-state index < -0.39 is 0 Å². The van der Waals surface area contributed by atoms with Gasteiger partial charge in [-0.1, -0.05) is 55.7 Å². The highest BCUT2D eigenvalue weighted by atomic mass is 16.6. The van der Waals surface area contributed by atoms with Gasteiger partial charge in [-0.3, -0.25) is 9.59 Å². The molecule has 0 radical (unpaired) electrons. The van der Waals surface area contributed by atoms with Crippen LogP contribution in [-0.4, -0.2) is 38.4 Å². The number of esters is 2. The van der Waals surface area contributed by atoms with Crippen LogP contribution in [0.1, 0.15) is 44.9 Å². The van der Waals surface area contributed by atoms with E-state index in [-0.39, 0.29) is 25.2 Å². The summed E-state index contributed by atoms with van der Waals surface area (Å²) in [5, 5.41) is 0. The molecule has 0 aromatic heterocycles. The average molecular weight is 429 g/mol. The van der Waals surface area contributed by atoms with Crippen molar-refractivity contribution < 1.29 is 28.5 Å². The molecule has 0 aliphatic carbocycles. The van der Waals surface area contributed by atoms with Crippen molar-refractivity contribution in [1.82, 2.24) is 0 Å². The number of hydrogen-bond acceptors (Lipinski definition) is 6. The minimum Gasteiger partial charge on any atom is -0.490 e. The lowest BCUT2D eigenvalue weighted by Crippen LogP contribution is -2.12. The second-order valence-electron chi connectivity index (χ2n) is 7.03. The molecule has 0 saturated heterocycles. The summed E-state index contributed by atoms with van der Waals surface area (Å²) in [5.74, 6) is 1.14. The lowest BCUT2D eigenvalue weighted by atomic mass is 10.1. The van der Waals surface area contributed by atoms with E-state index in [1.54, 1.807) is 0 Å². The van der Waals surface area contributed by atoms with Crippen molar-refractivity contribution in [2.24, 2.45) is 0 Å². The molecule has 0 unspecified atom stereocenters. The predicted octanol–water partition coefficient (Wildman–Crippen LogP) is 4.96. The maximum atomic E-state index is 11.7. The molecule has 0 N–H and O–H groups in total. The zero-order valence-corrected chi connectivity index (χ0v) is 18.0. The topological polar surface area (TPSA) is 71.1 Å². The van der Waals surface area contributed by atoms with Crippen molar-refractivity contribution in [3.05, 3.63) is 60.7 Å². The van der Waals surface area contributed by atoms with Gasteiger partial charge in [-0.15, -0.1) is 0 Å². The van der Waals surface area contributed by atoms with Crippen molar-refractivity contribution in [3.8, 4) is 11.5 Å². The number of benzene rings is 2. The standard InChI is InChI=1S/C25H32O6/c26-24(30-20-18-28-22-12-6-4-7-13-22)16-10-2-1-3-11-17-25(27)31-21-19-29-23-14-8-5-9-15-23/h4-9,12-15H,1-3,10-11,16-21H2. The monoisotopic (exact) mass is 428 g/mol. The summed E-state index contributed by atoms with van der Waals surface area (Å²) in [6.45, 7) is 1.22. The maximum Gasteiger partial charge on any atom is 0.305 e. The summed E-state index contributed by atoms with van der Waals surface area (Å²) in [7, 11) is 0. The lowest BCUT2D eigenvalue weighted by Gasteiger charge is -2.08. The first-order valence-electron chi connectivity index (χ1n) is 10.9. The van der Waals surface area contributed by atoms with E-state index in [2.05, 4.69) is 0 Å². The Hall–Kier alpha value is -3.02. The van der Waals surface area contributed by atoms with Crippen molar-refractivity contribution in [2.45, 2.75) is 44.9 Å². The van der Waals surface area contributed by atoms with Crippen LogP contribution in [0.15, 0.2) is 60.7 Å². The first-order chi connectivity index (χ1) is 15.2. The molecule has 0 saturated carbocycles. The summed E-state index contributed by atoms with van der Waals surface area (Å²) in [4.78, 5) is 23.4. The van der Waals surface area contributed by atoms with Gasteiger partial charge in [-0.25, -0.2) is 0 Å². The van der Waals surface area contributed by atoms with Gasteiger partial charge in [0.25, 0.3) is 0 Å². The number of ether oxygens (including phenoxy) is 4. The van der Waals surface area contributed by atoms with Gasteiger partial charge in [-0.05, 0) is 37.1 Å². The van der Waals surface area contributed by atoms with E-state index in [4.69, 9.17) is 18.9 Å². The van der Waals surface area contributed by atoms with E-state index >= 15 is 0 Å². The normalized spacial score (nSPS) is 10.3. The molecule has 2 rings (SSSR count). The second-order valence-corrected chi connectivity index (χ2v) is 7.03. The molecule has 2 aromatic rings. The molecule has 0 bridgehead atoms. The molecule has 0 amide bonds. The minimum atomic E-state index is -0.196. The quantitative estimate of drug-likeness (QED) is 0.278. The van der Waals surface area contributed by atoms with Gasteiger partial charge in [0.2, 0.25) is 0 Å². The third-order valence-electron chi connectivity index (χ3n) is 4.48. The molecule has 0 heterocycles. The Labute approximate surface area is 184 Å². The van der Waals surface area contributed by atoms with E-state index in [9.17, 15) is 9.59 Å². The van der Waals surface area contributed by atoms with Gasteiger partial charge >= 0.3 is 11.9 Å². The SMILES string of the molecule is O=C(CCCCCCCC(=O)OCCOc1ccccc1)OCCOc1ccccc1. The molecule has 0 fully saturated rings. The number of para-hydroxylation sites is 2. The molecule has 168 valence electrons.